The Morgan fingerprint density at radius 2 is 1.97 bits per heavy atom. The maximum Gasteiger partial charge on any atom is 0.338 e. The van der Waals surface area contributed by atoms with Crippen LogP contribution in [0.5, 0.6) is 5.75 Å². The van der Waals surface area contributed by atoms with Crippen LogP contribution in [0.3, 0.4) is 0 Å². The number of nitrogens with zero attached hydrogens (tertiary/aromatic N) is 2. The van der Waals surface area contributed by atoms with Gasteiger partial charge in [-0.05, 0) is 42.0 Å². The number of halogens is 1. The Balaban J connectivity index is 1.46. The van der Waals surface area contributed by atoms with Crippen molar-refractivity contribution in [2.45, 2.75) is 13.2 Å². The van der Waals surface area contributed by atoms with E-state index in [1.807, 2.05) is 17.5 Å². The number of ether oxygens (including phenoxy) is 2. The summed E-state index contributed by atoms with van der Waals surface area (Å²) in [6.45, 7) is 0.403. The fourth-order valence-electron chi connectivity index (χ4n) is 2.47. The van der Waals surface area contributed by atoms with Gasteiger partial charge in [-0.2, -0.15) is 0 Å². The summed E-state index contributed by atoms with van der Waals surface area (Å²) in [6, 6.07) is 13.8. The molecule has 0 aliphatic carbocycles. The summed E-state index contributed by atoms with van der Waals surface area (Å²) in [6.07, 6.45) is 0. The largest absolute Gasteiger partial charge is 0.487 e. The fraction of sp³-hybridized carbons (Fsp3) is 0.190. The zero-order chi connectivity index (χ0) is 20.6. The van der Waals surface area contributed by atoms with Crippen LogP contribution in [-0.2, 0) is 22.7 Å². The molecular formula is C21H19ClN2O4S. The highest BCUT2D eigenvalue weighted by molar-refractivity contribution is 7.07. The van der Waals surface area contributed by atoms with Gasteiger partial charge in [0.25, 0.3) is 5.91 Å². The molecule has 0 saturated heterocycles. The van der Waals surface area contributed by atoms with Crippen molar-refractivity contribution in [3.05, 3.63) is 81.3 Å². The van der Waals surface area contributed by atoms with Gasteiger partial charge in [0.2, 0.25) is 0 Å². The second kappa shape index (κ2) is 10.0. The molecule has 1 amide bonds. The standard InChI is InChI=1S/C21H19ClN2O4S/c1-24(10-15-3-2-4-17(22)9-15)20(25)12-28-21(26)16-5-7-19(8-6-16)27-11-18-13-29-14-23-18/h2-9,13-14H,10-12H2,1H3. The van der Waals surface area contributed by atoms with Crippen molar-refractivity contribution in [3.8, 4) is 5.75 Å². The van der Waals surface area contributed by atoms with Crippen LogP contribution in [0.25, 0.3) is 0 Å². The van der Waals surface area contributed by atoms with Crippen molar-refractivity contribution in [2.24, 2.45) is 0 Å². The van der Waals surface area contributed by atoms with Crippen molar-refractivity contribution >= 4 is 34.8 Å². The molecule has 2 aromatic carbocycles. The first-order valence-electron chi connectivity index (χ1n) is 8.77. The monoisotopic (exact) mass is 430 g/mol. The maximum atomic E-state index is 12.2. The van der Waals surface area contributed by atoms with Gasteiger partial charge in [-0.15, -0.1) is 11.3 Å². The molecule has 0 bridgehead atoms. The van der Waals surface area contributed by atoms with E-state index in [9.17, 15) is 9.59 Å². The number of hydrogen-bond acceptors (Lipinski definition) is 6. The first-order chi connectivity index (χ1) is 14.0. The lowest BCUT2D eigenvalue weighted by Crippen LogP contribution is -2.30. The maximum absolute atomic E-state index is 12.2. The molecule has 29 heavy (non-hydrogen) atoms. The molecule has 3 rings (SSSR count). The summed E-state index contributed by atoms with van der Waals surface area (Å²) in [5.41, 5.74) is 3.83. The number of hydrogen-bond donors (Lipinski definition) is 0. The number of aromatic nitrogens is 1. The van der Waals surface area contributed by atoms with E-state index in [1.165, 1.54) is 16.2 Å². The molecular weight excluding hydrogens is 412 g/mol. The molecule has 8 heteroatoms. The Morgan fingerprint density at radius 1 is 1.17 bits per heavy atom. The quantitative estimate of drug-likeness (QED) is 0.501. The minimum atomic E-state index is -0.569. The molecule has 0 spiro atoms. The Labute approximate surface area is 177 Å². The summed E-state index contributed by atoms with van der Waals surface area (Å²) >= 11 is 7.45. The van der Waals surface area contributed by atoms with Crippen LogP contribution in [0.2, 0.25) is 5.02 Å². The van der Waals surface area contributed by atoms with Gasteiger partial charge in [0.15, 0.2) is 6.61 Å². The Kier molecular flexibility index (Phi) is 7.21. The highest BCUT2D eigenvalue weighted by atomic mass is 35.5. The predicted octanol–water partition coefficient (Wildman–Crippen LogP) is 4.19. The summed E-state index contributed by atoms with van der Waals surface area (Å²) in [5, 5.41) is 2.51. The second-order valence-corrected chi connectivity index (χ2v) is 7.40. The van der Waals surface area contributed by atoms with Crippen molar-refractivity contribution in [1.82, 2.24) is 9.88 Å². The molecule has 0 fully saturated rings. The molecule has 0 atom stereocenters. The number of rotatable bonds is 8. The smallest absolute Gasteiger partial charge is 0.338 e. The normalized spacial score (nSPS) is 10.4. The van der Waals surface area contributed by atoms with Crippen LogP contribution in [0.15, 0.2) is 59.4 Å². The zero-order valence-corrected chi connectivity index (χ0v) is 17.3. The highest BCUT2D eigenvalue weighted by Crippen LogP contribution is 2.15. The lowest BCUT2D eigenvalue weighted by molar-refractivity contribution is -0.133. The van der Waals surface area contributed by atoms with Crippen LogP contribution in [0.4, 0.5) is 0 Å². The van der Waals surface area contributed by atoms with Gasteiger partial charge in [0.1, 0.15) is 12.4 Å². The third-order valence-electron chi connectivity index (χ3n) is 4.02. The van der Waals surface area contributed by atoms with Gasteiger partial charge in [-0.25, -0.2) is 9.78 Å². The number of esters is 1. The third kappa shape index (κ3) is 6.30. The summed E-state index contributed by atoms with van der Waals surface area (Å²) < 4.78 is 10.7. The average Bonchev–Trinajstić information content (AvgIpc) is 3.24. The molecule has 0 aliphatic rings. The molecule has 0 radical (unpaired) electrons. The summed E-state index contributed by atoms with van der Waals surface area (Å²) in [7, 11) is 1.64. The van der Waals surface area contributed by atoms with E-state index in [0.29, 0.717) is 29.5 Å². The van der Waals surface area contributed by atoms with E-state index in [0.717, 1.165) is 11.3 Å². The first kappa shape index (κ1) is 20.8. The number of likely N-dealkylation sites (N-methyl/N-ethyl adjacent to an activating group) is 1. The van der Waals surface area contributed by atoms with Crippen LogP contribution < -0.4 is 4.74 Å². The van der Waals surface area contributed by atoms with E-state index in [2.05, 4.69) is 4.98 Å². The lowest BCUT2D eigenvalue weighted by Gasteiger charge is -2.17. The topological polar surface area (TPSA) is 68.7 Å². The Morgan fingerprint density at radius 3 is 2.66 bits per heavy atom. The molecule has 150 valence electrons. The minimum absolute atomic E-state index is 0.304. The number of benzene rings is 2. The Bertz CT molecular complexity index is 961. The van der Waals surface area contributed by atoms with E-state index < -0.39 is 5.97 Å². The van der Waals surface area contributed by atoms with Crippen LogP contribution in [0, 0.1) is 0 Å². The molecule has 3 aromatic rings. The van der Waals surface area contributed by atoms with Crippen LogP contribution >= 0.6 is 22.9 Å². The van der Waals surface area contributed by atoms with Gasteiger partial charge < -0.3 is 14.4 Å². The molecule has 0 saturated carbocycles. The van der Waals surface area contributed by atoms with Gasteiger partial charge in [-0.1, -0.05) is 23.7 Å². The van der Waals surface area contributed by atoms with Crippen molar-refractivity contribution in [2.75, 3.05) is 13.7 Å². The summed E-state index contributed by atoms with van der Waals surface area (Å²) in [5.74, 6) is -0.256. The molecule has 6 nitrogen and oxygen atoms in total. The average molecular weight is 431 g/mol. The fourth-order valence-corrected chi connectivity index (χ4v) is 3.23. The van der Waals surface area contributed by atoms with Crippen molar-refractivity contribution < 1.29 is 19.1 Å². The molecule has 1 heterocycles. The zero-order valence-electron chi connectivity index (χ0n) is 15.7. The molecule has 0 unspecified atom stereocenters. The van der Waals surface area contributed by atoms with Gasteiger partial charge in [0, 0.05) is 24.0 Å². The van der Waals surface area contributed by atoms with E-state index in [1.54, 1.807) is 49.0 Å². The van der Waals surface area contributed by atoms with E-state index in [4.69, 9.17) is 21.1 Å². The number of carbonyl (C=O) groups excluding carboxylic acids is 2. The number of thiazole rings is 1. The highest BCUT2D eigenvalue weighted by Gasteiger charge is 2.14. The molecule has 0 aliphatic heterocycles. The SMILES string of the molecule is CN(Cc1cccc(Cl)c1)C(=O)COC(=O)c1ccc(OCc2cscn2)cc1. The van der Waals surface area contributed by atoms with E-state index in [-0.39, 0.29) is 12.5 Å². The Hall–Kier alpha value is -2.90. The minimum Gasteiger partial charge on any atom is -0.487 e. The molecule has 0 N–H and O–H groups in total. The van der Waals surface area contributed by atoms with Crippen LogP contribution in [0.1, 0.15) is 21.6 Å². The number of amides is 1. The summed E-state index contributed by atoms with van der Waals surface area (Å²) in [4.78, 5) is 30.0. The second-order valence-electron chi connectivity index (χ2n) is 6.25. The van der Waals surface area contributed by atoms with Gasteiger partial charge in [0.05, 0.1) is 16.8 Å². The third-order valence-corrected chi connectivity index (χ3v) is 4.89. The first-order valence-corrected chi connectivity index (χ1v) is 10.1. The predicted molar refractivity (Wildman–Crippen MR) is 111 cm³/mol. The lowest BCUT2D eigenvalue weighted by atomic mass is 10.2. The van der Waals surface area contributed by atoms with Crippen molar-refractivity contribution in [3.63, 3.8) is 0 Å². The van der Waals surface area contributed by atoms with E-state index >= 15 is 0 Å². The van der Waals surface area contributed by atoms with Crippen LogP contribution in [-0.4, -0.2) is 35.4 Å². The van der Waals surface area contributed by atoms with Gasteiger partial charge in [-0.3, -0.25) is 4.79 Å². The number of carbonyl (C=O) groups is 2. The molecule has 1 aromatic heterocycles. The van der Waals surface area contributed by atoms with Gasteiger partial charge >= 0.3 is 5.97 Å². The van der Waals surface area contributed by atoms with Crippen molar-refractivity contribution in [1.29, 1.82) is 0 Å².